The summed E-state index contributed by atoms with van der Waals surface area (Å²) in [7, 11) is -3.59. The fourth-order valence-electron chi connectivity index (χ4n) is 1.68. The van der Waals surface area contributed by atoms with E-state index in [-0.39, 0.29) is 10.8 Å². The minimum atomic E-state index is -3.59. The Labute approximate surface area is 124 Å². The van der Waals surface area contributed by atoms with Crippen LogP contribution in [0, 0.1) is 6.92 Å². The molecule has 1 N–H and O–H groups in total. The average molecular weight is 325 g/mol. The predicted octanol–water partition coefficient (Wildman–Crippen LogP) is 2.18. The van der Waals surface area contributed by atoms with Crippen LogP contribution in [-0.4, -0.2) is 18.7 Å². The van der Waals surface area contributed by atoms with Gasteiger partial charge in [-0.05, 0) is 19.1 Å². The van der Waals surface area contributed by atoms with Gasteiger partial charge in [0.2, 0.25) is 10.0 Å². The summed E-state index contributed by atoms with van der Waals surface area (Å²) in [5, 5.41) is 7.51. The summed E-state index contributed by atoms with van der Waals surface area (Å²) in [5.41, 5.74) is 1.14. The van der Waals surface area contributed by atoms with Crippen molar-refractivity contribution in [2.24, 2.45) is 0 Å². The Morgan fingerprint density at radius 1 is 1.29 bits per heavy atom. The normalized spacial score (nSPS) is 11.9. The number of aryl methyl sites for hydroxylation is 1. The zero-order chi connectivity index (χ0) is 14.9. The Balaban J connectivity index is 1.76. The second-order valence-corrected chi connectivity index (χ2v) is 7.33. The van der Waals surface area contributed by atoms with E-state index >= 15 is 0 Å². The molecule has 0 radical (unpaired) electrons. The molecule has 0 bridgehead atoms. The second-order valence-electron chi connectivity index (χ2n) is 4.26. The van der Waals surface area contributed by atoms with E-state index in [4.69, 9.17) is 9.05 Å². The monoisotopic (exact) mass is 325 g/mol. The number of thiophene rings is 1. The number of nitrogens with zero attached hydrogens (tertiary/aromatic N) is 2. The van der Waals surface area contributed by atoms with Crippen molar-refractivity contribution in [3.05, 3.63) is 42.0 Å². The highest BCUT2D eigenvalue weighted by atomic mass is 32.2. The number of aromatic nitrogens is 2. The van der Waals surface area contributed by atoms with Gasteiger partial charge in [-0.2, -0.15) is 0 Å². The van der Waals surface area contributed by atoms with E-state index in [9.17, 15) is 8.42 Å². The van der Waals surface area contributed by atoms with Crippen molar-refractivity contribution in [1.82, 2.24) is 15.0 Å². The van der Waals surface area contributed by atoms with E-state index in [1.807, 2.05) is 0 Å². The molecular formula is C12H11N3O4S2. The molecule has 3 rings (SSSR count). The molecule has 0 aliphatic heterocycles. The summed E-state index contributed by atoms with van der Waals surface area (Å²) in [4.78, 5) is 0.724. The Morgan fingerprint density at radius 3 is 2.81 bits per heavy atom. The maximum absolute atomic E-state index is 12.2. The first kappa shape index (κ1) is 14.0. The summed E-state index contributed by atoms with van der Waals surface area (Å²) in [6.07, 6.45) is 1.44. The van der Waals surface area contributed by atoms with Gasteiger partial charge in [0.1, 0.15) is 21.9 Å². The summed E-state index contributed by atoms with van der Waals surface area (Å²) in [6, 6.07) is 6.58. The lowest BCUT2D eigenvalue weighted by molar-refractivity contribution is 0.390. The number of nitrogens with one attached hydrogen (secondary N) is 1. The van der Waals surface area contributed by atoms with Crippen LogP contribution in [0.2, 0.25) is 0 Å². The largest absolute Gasteiger partial charge is 0.364 e. The molecule has 0 saturated heterocycles. The van der Waals surface area contributed by atoms with Crippen molar-refractivity contribution >= 4 is 21.4 Å². The first-order valence-electron chi connectivity index (χ1n) is 5.97. The van der Waals surface area contributed by atoms with Crippen LogP contribution in [0.1, 0.15) is 11.5 Å². The van der Waals surface area contributed by atoms with Gasteiger partial charge in [0.15, 0.2) is 0 Å². The van der Waals surface area contributed by atoms with Crippen LogP contribution in [-0.2, 0) is 16.6 Å². The third-order valence-corrected chi connectivity index (χ3v) is 5.66. The topological polar surface area (TPSA) is 98.2 Å². The van der Waals surface area contributed by atoms with Crippen molar-refractivity contribution in [2.75, 3.05) is 0 Å². The molecule has 110 valence electrons. The molecule has 0 saturated carbocycles. The van der Waals surface area contributed by atoms with E-state index in [0.717, 1.165) is 16.2 Å². The van der Waals surface area contributed by atoms with E-state index in [2.05, 4.69) is 15.0 Å². The molecule has 3 aromatic heterocycles. The van der Waals surface area contributed by atoms with E-state index < -0.39 is 10.0 Å². The summed E-state index contributed by atoms with van der Waals surface area (Å²) in [6.45, 7) is 1.82. The quantitative estimate of drug-likeness (QED) is 0.772. The van der Waals surface area contributed by atoms with E-state index in [0.29, 0.717) is 17.1 Å². The second kappa shape index (κ2) is 5.43. The molecule has 0 atom stereocenters. The maximum atomic E-state index is 12.2. The van der Waals surface area contributed by atoms with E-state index in [1.165, 1.54) is 12.3 Å². The van der Waals surface area contributed by atoms with Gasteiger partial charge in [-0.1, -0.05) is 10.3 Å². The van der Waals surface area contributed by atoms with Gasteiger partial charge in [0.05, 0.1) is 17.1 Å². The number of hydrogen-bond acceptors (Lipinski definition) is 7. The molecule has 0 spiro atoms. The number of sulfonamides is 1. The standard InChI is InChI=1S/C12H11N3O4S2/c1-8-6-9(14-19-8)7-13-21(16,17)12-3-2-11(20-12)10-4-5-18-15-10/h2-6,13H,7H2,1H3. The van der Waals surface area contributed by atoms with Gasteiger partial charge < -0.3 is 9.05 Å². The minimum Gasteiger partial charge on any atom is -0.364 e. The molecule has 0 unspecified atom stereocenters. The lowest BCUT2D eigenvalue weighted by Crippen LogP contribution is -2.22. The Bertz CT molecular complexity index is 834. The van der Waals surface area contributed by atoms with Gasteiger partial charge in [-0.3, -0.25) is 0 Å². The van der Waals surface area contributed by atoms with Crippen LogP contribution in [0.4, 0.5) is 0 Å². The van der Waals surface area contributed by atoms with Crippen LogP contribution < -0.4 is 4.72 Å². The highest BCUT2D eigenvalue weighted by molar-refractivity contribution is 7.91. The van der Waals surface area contributed by atoms with Gasteiger partial charge >= 0.3 is 0 Å². The smallest absolute Gasteiger partial charge is 0.250 e. The molecule has 0 aliphatic rings. The summed E-state index contributed by atoms with van der Waals surface area (Å²) < 4.78 is 36.7. The van der Waals surface area contributed by atoms with Crippen LogP contribution in [0.25, 0.3) is 10.6 Å². The third-order valence-electron chi connectivity index (χ3n) is 2.66. The van der Waals surface area contributed by atoms with Crippen molar-refractivity contribution in [2.45, 2.75) is 17.7 Å². The molecule has 7 nitrogen and oxygen atoms in total. The number of rotatable bonds is 5. The van der Waals surface area contributed by atoms with Crippen molar-refractivity contribution in [3.8, 4) is 10.6 Å². The van der Waals surface area contributed by atoms with Gasteiger partial charge in [-0.25, -0.2) is 13.1 Å². The fraction of sp³-hybridized carbons (Fsp3) is 0.167. The molecule has 0 amide bonds. The lowest BCUT2D eigenvalue weighted by atomic mass is 10.3. The van der Waals surface area contributed by atoms with Gasteiger partial charge in [0, 0.05) is 12.1 Å². The number of hydrogen-bond donors (Lipinski definition) is 1. The molecule has 0 aliphatic carbocycles. The first-order chi connectivity index (χ1) is 10.0. The summed E-state index contributed by atoms with van der Waals surface area (Å²) >= 11 is 1.12. The predicted molar refractivity (Wildman–Crippen MR) is 75.1 cm³/mol. The molecular weight excluding hydrogens is 314 g/mol. The Morgan fingerprint density at radius 2 is 2.14 bits per heavy atom. The molecule has 0 fully saturated rings. The van der Waals surface area contributed by atoms with Crippen LogP contribution in [0.5, 0.6) is 0 Å². The van der Waals surface area contributed by atoms with Crippen LogP contribution in [0.15, 0.2) is 43.8 Å². The van der Waals surface area contributed by atoms with Gasteiger partial charge in [0.25, 0.3) is 0 Å². The Kier molecular flexibility index (Phi) is 3.62. The summed E-state index contributed by atoms with van der Waals surface area (Å²) in [5.74, 6) is 0.633. The van der Waals surface area contributed by atoms with Crippen molar-refractivity contribution in [1.29, 1.82) is 0 Å². The lowest BCUT2D eigenvalue weighted by Gasteiger charge is -2.01. The molecule has 3 aromatic rings. The highest BCUT2D eigenvalue weighted by Crippen LogP contribution is 2.29. The molecule has 3 heterocycles. The van der Waals surface area contributed by atoms with E-state index in [1.54, 1.807) is 25.1 Å². The molecule has 0 aromatic carbocycles. The molecule has 21 heavy (non-hydrogen) atoms. The highest BCUT2D eigenvalue weighted by Gasteiger charge is 2.18. The average Bonchev–Trinajstić information content (AvgIpc) is 3.17. The van der Waals surface area contributed by atoms with Gasteiger partial charge in [-0.15, -0.1) is 11.3 Å². The SMILES string of the molecule is Cc1cc(CNS(=O)(=O)c2ccc(-c3ccon3)s2)no1. The zero-order valence-electron chi connectivity index (χ0n) is 10.9. The zero-order valence-corrected chi connectivity index (χ0v) is 12.6. The van der Waals surface area contributed by atoms with Crippen LogP contribution in [0.3, 0.4) is 0 Å². The van der Waals surface area contributed by atoms with Crippen molar-refractivity contribution < 1.29 is 17.5 Å². The van der Waals surface area contributed by atoms with Crippen molar-refractivity contribution in [3.63, 3.8) is 0 Å². The fourth-order valence-corrected chi connectivity index (χ4v) is 3.99. The third kappa shape index (κ3) is 3.04. The first-order valence-corrected chi connectivity index (χ1v) is 8.27. The van der Waals surface area contributed by atoms with Crippen LogP contribution >= 0.6 is 11.3 Å². The Hall–Kier alpha value is -1.97. The maximum Gasteiger partial charge on any atom is 0.250 e. The molecule has 9 heteroatoms. The minimum absolute atomic E-state index is 0.0802.